The maximum absolute atomic E-state index is 11.8. The summed E-state index contributed by atoms with van der Waals surface area (Å²) in [6.07, 6.45) is 0. The van der Waals surface area contributed by atoms with Crippen LogP contribution in [0.1, 0.15) is 17.0 Å². The molecule has 3 rings (SSSR count). The molecule has 0 unspecified atom stereocenters. The molecule has 108 valence electrons. The van der Waals surface area contributed by atoms with Gasteiger partial charge in [0.1, 0.15) is 5.01 Å². The lowest BCUT2D eigenvalue weighted by atomic mass is 10.1. The molecule has 1 aromatic carbocycles. The quantitative estimate of drug-likeness (QED) is 0.671. The third kappa shape index (κ3) is 3.10. The molecule has 0 amide bonds. The first kappa shape index (κ1) is 14.5. The van der Waals surface area contributed by atoms with E-state index in [0.29, 0.717) is 12.4 Å². The highest BCUT2D eigenvalue weighted by molar-refractivity contribution is 7.13. The molecule has 0 bridgehead atoms. The normalized spacial score (nSPS) is 11.0. The molecule has 0 saturated carbocycles. The van der Waals surface area contributed by atoms with E-state index >= 15 is 0 Å². The largest absolute Gasteiger partial charge is 0.307 e. The number of thiazole rings is 2. The van der Waals surface area contributed by atoms with E-state index in [9.17, 15) is 4.79 Å². The number of hydrogen-bond donors (Lipinski definition) is 0. The molecule has 0 saturated heterocycles. The van der Waals surface area contributed by atoms with E-state index in [1.165, 1.54) is 11.3 Å². The lowest BCUT2D eigenvalue weighted by Gasteiger charge is -2.06. The Labute approximate surface area is 135 Å². The SMILES string of the molecule is Cc1csc(=O)n1Cc1cccc(-c2nc(CCl)cs2)c1. The van der Waals surface area contributed by atoms with Crippen LogP contribution in [0.2, 0.25) is 0 Å². The molecule has 2 aromatic heterocycles. The summed E-state index contributed by atoms with van der Waals surface area (Å²) in [6.45, 7) is 2.55. The monoisotopic (exact) mass is 336 g/mol. The van der Waals surface area contributed by atoms with Crippen LogP contribution >= 0.6 is 34.3 Å². The third-order valence-electron chi connectivity index (χ3n) is 3.18. The molecule has 0 radical (unpaired) electrons. The van der Waals surface area contributed by atoms with E-state index in [1.54, 1.807) is 15.9 Å². The van der Waals surface area contributed by atoms with Crippen molar-refractivity contribution < 1.29 is 0 Å². The lowest BCUT2D eigenvalue weighted by molar-refractivity contribution is 0.755. The molecule has 21 heavy (non-hydrogen) atoms. The van der Waals surface area contributed by atoms with Gasteiger partial charge in [-0.05, 0) is 18.6 Å². The van der Waals surface area contributed by atoms with Crippen molar-refractivity contribution >= 4 is 34.3 Å². The van der Waals surface area contributed by atoms with Crippen LogP contribution in [-0.2, 0) is 12.4 Å². The van der Waals surface area contributed by atoms with Crippen molar-refractivity contribution in [2.24, 2.45) is 0 Å². The molecular formula is C15H13ClN2OS2. The van der Waals surface area contributed by atoms with Crippen LogP contribution in [0.25, 0.3) is 10.6 Å². The Morgan fingerprint density at radius 1 is 1.29 bits per heavy atom. The van der Waals surface area contributed by atoms with Crippen molar-refractivity contribution in [2.75, 3.05) is 0 Å². The average molecular weight is 337 g/mol. The van der Waals surface area contributed by atoms with Crippen molar-refractivity contribution in [3.8, 4) is 10.6 Å². The predicted molar refractivity (Wildman–Crippen MR) is 89.5 cm³/mol. The smallest absolute Gasteiger partial charge is 0.299 e. The average Bonchev–Trinajstić information content (AvgIpc) is 3.10. The summed E-state index contributed by atoms with van der Waals surface area (Å²) in [7, 11) is 0. The van der Waals surface area contributed by atoms with Gasteiger partial charge in [-0.1, -0.05) is 29.5 Å². The predicted octanol–water partition coefficient (Wildman–Crippen LogP) is 4.13. The van der Waals surface area contributed by atoms with E-state index in [4.69, 9.17) is 11.6 Å². The van der Waals surface area contributed by atoms with Gasteiger partial charge in [-0.2, -0.15) is 0 Å². The van der Waals surface area contributed by atoms with Gasteiger partial charge >= 0.3 is 4.87 Å². The van der Waals surface area contributed by atoms with Gasteiger partial charge in [0.15, 0.2) is 0 Å². The summed E-state index contributed by atoms with van der Waals surface area (Å²) in [4.78, 5) is 16.4. The van der Waals surface area contributed by atoms with Gasteiger partial charge in [0.05, 0.1) is 18.1 Å². The number of aromatic nitrogens is 2. The first-order valence-corrected chi connectivity index (χ1v) is 8.71. The van der Waals surface area contributed by atoms with Crippen molar-refractivity contribution in [3.05, 3.63) is 61.6 Å². The van der Waals surface area contributed by atoms with Crippen LogP contribution < -0.4 is 4.87 Å². The Kier molecular flexibility index (Phi) is 4.24. The van der Waals surface area contributed by atoms with E-state index in [-0.39, 0.29) is 4.87 Å². The number of rotatable bonds is 4. The van der Waals surface area contributed by atoms with Gasteiger partial charge in [-0.25, -0.2) is 4.98 Å². The standard InChI is InChI=1S/C15H13ClN2OS2/c1-10-8-21-15(19)18(10)7-11-3-2-4-12(5-11)14-17-13(6-16)9-20-14/h2-5,8-9H,6-7H2,1H3. The Morgan fingerprint density at radius 2 is 2.14 bits per heavy atom. The fourth-order valence-corrected chi connectivity index (χ4v) is 3.86. The molecule has 3 aromatic rings. The third-order valence-corrected chi connectivity index (χ3v) is 5.27. The Balaban J connectivity index is 1.91. The van der Waals surface area contributed by atoms with Gasteiger partial charge in [-0.3, -0.25) is 9.36 Å². The molecule has 6 heteroatoms. The van der Waals surface area contributed by atoms with Crippen molar-refractivity contribution in [2.45, 2.75) is 19.3 Å². The molecule has 0 spiro atoms. The molecule has 3 nitrogen and oxygen atoms in total. The number of halogens is 1. The highest BCUT2D eigenvalue weighted by atomic mass is 35.5. The fraction of sp³-hybridized carbons (Fsp3) is 0.200. The second-order valence-electron chi connectivity index (χ2n) is 4.71. The highest BCUT2D eigenvalue weighted by Crippen LogP contribution is 2.25. The van der Waals surface area contributed by atoms with Gasteiger partial charge in [0.2, 0.25) is 0 Å². The molecule has 0 N–H and O–H groups in total. The number of benzene rings is 1. The summed E-state index contributed by atoms with van der Waals surface area (Å²) in [5.74, 6) is 0.430. The second kappa shape index (κ2) is 6.13. The minimum Gasteiger partial charge on any atom is -0.299 e. The molecule has 2 heterocycles. The summed E-state index contributed by atoms with van der Waals surface area (Å²) in [6, 6.07) is 8.15. The van der Waals surface area contributed by atoms with Crippen LogP contribution in [0.4, 0.5) is 0 Å². The Morgan fingerprint density at radius 3 is 2.81 bits per heavy atom. The first-order chi connectivity index (χ1) is 10.2. The molecular weight excluding hydrogens is 324 g/mol. The van der Waals surface area contributed by atoms with Crippen LogP contribution in [0.15, 0.2) is 39.8 Å². The van der Waals surface area contributed by atoms with E-state index < -0.39 is 0 Å². The molecule has 0 atom stereocenters. The van der Waals surface area contributed by atoms with E-state index in [2.05, 4.69) is 11.1 Å². The summed E-state index contributed by atoms with van der Waals surface area (Å²) >= 11 is 8.62. The zero-order valence-electron chi connectivity index (χ0n) is 11.4. The molecule has 0 aliphatic rings. The van der Waals surface area contributed by atoms with Crippen molar-refractivity contribution in [1.29, 1.82) is 0 Å². The first-order valence-electron chi connectivity index (χ1n) is 6.42. The second-order valence-corrected chi connectivity index (χ2v) is 6.65. The zero-order chi connectivity index (χ0) is 14.8. The van der Waals surface area contributed by atoms with Crippen LogP contribution in [0, 0.1) is 6.92 Å². The van der Waals surface area contributed by atoms with Gasteiger partial charge in [0, 0.05) is 22.0 Å². The van der Waals surface area contributed by atoms with Crippen molar-refractivity contribution in [3.63, 3.8) is 0 Å². The topological polar surface area (TPSA) is 34.9 Å². The summed E-state index contributed by atoms with van der Waals surface area (Å²) in [5.41, 5.74) is 4.05. The molecule has 0 aliphatic carbocycles. The van der Waals surface area contributed by atoms with Crippen LogP contribution in [-0.4, -0.2) is 9.55 Å². The zero-order valence-corrected chi connectivity index (χ0v) is 13.8. The number of aryl methyl sites for hydroxylation is 1. The van der Waals surface area contributed by atoms with Crippen LogP contribution in [0.5, 0.6) is 0 Å². The molecule has 0 aliphatic heterocycles. The Hall–Kier alpha value is -1.43. The van der Waals surface area contributed by atoms with E-state index in [1.807, 2.05) is 35.9 Å². The maximum Gasteiger partial charge on any atom is 0.307 e. The minimum atomic E-state index is 0.0802. The number of nitrogens with zero attached hydrogens (tertiary/aromatic N) is 2. The summed E-state index contributed by atoms with van der Waals surface area (Å²) in [5, 5.41) is 4.82. The number of hydrogen-bond acceptors (Lipinski definition) is 4. The lowest BCUT2D eigenvalue weighted by Crippen LogP contribution is -2.15. The number of alkyl halides is 1. The molecule has 0 fully saturated rings. The van der Waals surface area contributed by atoms with Crippen molar-refractivity contribution in [1.82, 2.24) is 9.55 Å². The van der Waals surface area contributed by atoms with Gasteiger partial charge in [-0.15, -0.1) is 22.9 Å². The van der Waals surface area contributed by atoms with Gasteiger partial charge < -0.3 is 0 Å². The van der Waals surface area contributed by atoms with Gasteiger partial charge in [0.25, 0.3) is 0 Å². The minimum absolute atomic E-state index is 0.0802. The maximum atomic E-state index is 11.8. The fourth-order valence-electron chi connectivity index (χ4n) is 2.08. The highest BCUT2D eigenvalue weighted by Gasteiger charge is 2.07. The summed E-state index contributed by atoms with van der Waals surface area (Å²) < 4.78 is 1.79. The van der Waals surface area contributed by atoms with Crippen LogP contribution in [0.3, 0.4) is 0 Å². The Bertz CT molecular complexity index is 819. The van der Waals surface area contributed by atoms with E-state index in [0.717, 1.165) is 27.5 Å².